The number of rotatable bonds is 10. The standard InChI is InChI=1S/C29H34F4O/c1-3-5-7-8-18-10-12-23(34-17-18)13-11-20-15-22-16-21-14-19(9-6-4-2)26(30)28(32)24(21)25(22)29(33)27(20)31/h4,14-15,18,23H,2-3,5-13,16-17H2,1H3. The number of benzene rings is 2. The van der Waals surface area contributed by atoms with Crippen LogP contribution in [-0.4, -0.2) is 12.7 Å². The summed E-state index contributed by atoms with van der Waals surface area (Å²) in [5.74, 6) is -3.52. The fourth-order valence-corrected chi connectivity index (χ4v) is 5.44. The van der Waals surface area contributed by atoms with Crippen LogP contribution < -0.4 is 0 Å². The Morgan fingerprint density at radius 2 is 1.53 bits per heavy atom. The van der Waals surface area contributed by atoms with Gasteiger partial charge in [0.05, 0.1) is 6.10 Å². The molecule has 2 aliphatic rings. The molecule has 0 spiro atoms. The lowest BCUT2D eigenvalue weighted by atomic mass is 9.91. The summed E-state index contributed by atoms with van der Waals surface area (Å²) >= 11 is 0. The van der Waals surface area contributed by atoms with E-state index in [1.54, 1.807) is 18.2 Å². The number of unbranched alkanes of at least 4 members (excludes halogenated alkanes) is 2. The van der Waals surface area contributed by atoms with Gasteiger partial charge >= 0.3 is 0 Å². The Bertz CT molecular complexity index is 1040. The molecule has 1 aliphatic carbocycles. The highest BCUT2D eigenvalue weighted by atomic mass is 19.2. The molecule has 1 heterocycles. The lowest BCUT2D eigenvalue weighted by molar-refractivity contribution is -0.0220. The summed E-state index contributed by atoms with van der Waals surface area (Å²) in [5, 5.41) is 0. The van der Waals surface area contributed by atoms with Crippen LogP contribution in [0.2, 0.25) is 0 Å². The zero-order chi connectivity index (χ0) is 24.2. The zero-order valence-corrected chi connectivity index (χ0v) is 20.0. The van der Waals surface area contributed by atoms with Gasteiger partial charge in [0.1, 0.15) is 0 Å². The van der Waals surface area contributed by atoms with Crippen molar-refractivity contribution in [2.75, 3.05) is 6.61 Å². The molecule has 2 aromatic carbocycles. The fraction of sp³-hybridized carbons (Fsp3) is 0.517. The Balaban J connectivity index is 1.46. The third-order valence-corrected chi connectivity index (χ3v) is 7.39. The number of hydrogen-bond acceptors (Lipinski definition) is 1. The molecule has 184 valence electrons. The number of hydrogen-bond donors (Lipinski definition) is 0. The molecule has 2 atom stereocenters. The van der Waals surface area contributed by atoms with Gasteiger partial charge in [-0.1, -0.05) is 44.4 Å². The van der Waals surface area contributed by atoms with Gasteiger partial charge in [-0.2, -0.15) is 0 Å². The molecule has 34 heavy (non-hydrogen) atoms. The molecule has 1 saturated heterocycles. The monoisotopic (exact) mass is 474 g/mol. The summed E-state index contributed by atoms with van der Waals surface area (Å²) in [5.41, 5.74) is 1.28. The highest BCUT2D eigenvalue weighted by Crippen LogP contribution is 2.43. The van der Waals surface area contributed by atoms with E-state index in [2.05, 4.69) is 13.5 Å². The van der Waals surface area contributed by atoms with E-state index in [0.29, 0.717) is 42.7 Å². The molecular weight excluding hydrogens is 440 g/mol. The maximum Gasteiger partial charge on any atom is 0.167 e. The molecule has 0 radical (unpaired) electrons. The predicted octanol–water partition coefficient (Wildman–Crippen LogP) is 8.24. The maximum atomic E-state index is 15.1. The Labute approximate surface area is 200 Å². The van der Waals surface area contributed by atoms with Gasteiger partial charge in [-0.3, -0.25) is 0 Å². The first-order chi connectivity index (χ1) is 16.4. The van der Waals surface area contributed by atoms with Gasteiger partial charge in [-0.05, 0) is 79.5 Å². The number of aryl methyl sites for hydroxylation is 2. The van der Waals surface area contributed by atoms with Crippen molar-refractivity contribution in [1.29, 1.82) is 0 Å². The largest absolute Gasteiger partial charge is 0.378 e. The maximum absolute atomic E-state index is 15.1. The van der Waals surface area contributed by atoms with Gasteiger partial charge in [0.15, 0.2) is 23.3 Å². The van der Waals surface area contributed by atoms with Gasteiger partial charge in [-0.25, -0.2) is 17.6 Å². The third kappa shape index (κ3) is 5.10. The highest BCUT2D eigenvalue weighted by Gasteiger charge is 2.32. The number of ether oxygens (including phenoxy) is 1. The minimum absolute atomic E-state index is 0.0503. The van der Waals surface area contributed by atoms with Gasteiger partial charge in [0.25, 0.3) is 0 Å². The molecule has 0 N–H and O–H groups in total. The molecule has 0 aromatic heterocycles. The molecule has 1 fully saturated rings. The van der Waals surface area contributed by atoms with Crippen molar-refractivity contribution in [2.24, 2.45) is 5.92 Å². The summed E-state index contributed by atoms with van der Waals surface area (Å²) in [6, 6.07) is 3.21. The Morgan fingerprint density at radius 1 is 0.882 bits per heavy atom. The topological polar surface area (TPSA) is 9.23 Å². The first-order valence-corrected chi connectivity index (χ1v) is 12.7. The van der Waals surface area contributed by atoms with Crippen LogP contribution in [0.5, 0.6) is 0 Å². The van der Waals surface area contributed by atoms with Crippen molar-refractivity contribution in [3.05, 3.63) is 70.3 Å². The van der Waals surface area contributed by atoms with Crippen LogP contribution in [0.15, 0.2) is 24.8 Å². The van der Waals surface area contributed by atoms with E-state index in [9.17, 15) is 13.2 Å². The number of allylic oxidation sites excluding steroid dienone is 1. The number of fused-ring (bicyclic) bond motifs is 3. The Morgan fingerprint density at radius 3 is 2.09 bits per heavy atom. The van der Waals surface area contributed by atoms with Crippen LogP contribution in [0.3, 0.4) is 0 Å². The van der Waals surface area contributed by atoms with Crippen LogP contribution in [0.25, 0.3) is 11.1 Å². The van der Waals surface area contributed by atoms with Crippen LogP contribution in [0, 0.1) is 29.2 Å². The van der Waals surface area contributed by atoms with Crippen LogP contribution in [0.1, 0.15) is 80.5 Å². The molecule has 2 unspecified atom stereocenters. The molecule has 1 nitrogen and oxygen atoms in total. The van der Waals surface area contributed by atoms with E-state index < -0.39 is 23.3 Å². The second-order valence-electron chi connectivity index (χ2n) is 9.83. The van der Waals surface area contributed by atoms with Crippen LogP contribution in [-0.2, 0) is 24.0 Å². The van der Waals surface area contributed by atoms with E-state index in [0.717, 1.165) is 19.4 Å². The van der Waals surface area contributed by atoms with E-state index in [1.807, 2.05) is 0 Å². The van der Waals surface area contributed by atoms with Crippen molar-refractivity contribution in [2.45, 2.75) is 83.7 Å². The predicted molar refractivity (Wildman–Crippen MR) is 128 cm³/mol. The zero-order valence-electron chi connectivity index (χ0n) is 20.0. The van der Waals surface area contributed by atoms with Crippen molar-refractivity contribution >= 4 is 0 Å². The van der Waals surface area contributed by atoms with Crippen molar-refractivity contribution in [3.8, 4) is 11.1 Å². The first-order valence-electron chi connectivity index (χ1n) is 12.7. The molecule has 0 saturated carbocycles. The molecule has 1 aliphatic heterocycles. The molecule has 2 aromatic rings. The summed E-state index contributed by atoms with van der Waals surface area (Å²) in [7, 11) is 0. The number of halogens is 4. The quantitative estimate of drug-likeness (QED) is 0.163. The lowest BCUT2D eigenvalue weighted by Crippen LogP contribution is -2.26. The smallest absolute Gasteiger partial charge is 0.167 e. The SMILES string of the molecule is C=CCCc1cc2c(c(F)c1F)-c1c(cc(CCC3CCC(CCCCC)CO3)c(F)c1F)C2. The second-order valence-corrected chi connectivity index (χ2v) is 9.83. The van der Waals surface area contributed by atoms with E-state index in [4.69, 9.17) is 4.74 Å². The van der Waals surface area contributed by atoms with Gasteiger partial charge < -0.3 is 4.74 Å². The summed E-state index contributed by atoms with van der Waals surface area (Å²) in [6.07, 6.45) is 10.7. The fourth-order valence-electron chi connectivity index (χ4n) is 5.44. The van der Waals surface area contributed by atoms with Gasteiger partial charge in [-0.15, -0.1) is 6.58 Å². The third-order valence-electron chi connectivity index (χ3n) is 7.39. The molecule has 5 heteroatoms. The lowest BCUT2D eigenvalue weighted by Gasteiger charge is -2.29. The summed E-state index contributed by atoms with van der Waals surface area (Å²) in [6.45, 7) is 6.55. The van der Waals surface area contributed by atoms with E-state index in [1.165, 1.54) is 25.7 Å². The molecule has 4 rings (SSSR count). The van der Waals surface area contributed by atoms with Crippen LogP contribution >= 0.6 is 0 Å². The van der Waals surface area contributed by atoms with Crippen molar-refractivity contribution in [1.82, 2.24) is 0 Å². The summed E-state index contributed by atoms with van der Waals surface area (Å²) in [4.78, 5) is 0. The van der Waals surface area contributed by atoms with Crippen LogP contribution in [0.4, 0.5) is 17.6 Å². The Kier molecular flexibility index (Phi) is 8.13. The first kappa shape index (κ1) is 25.0. The average molecular weight is 475 g/mol. The highest BCUT2D eigenvalue weighted by molar-refractivity contribution is 5.79. The van der Waals surface area contributed by atoms with Crippen molar-refractivity contribution in [3.63, 3.8) is 0 Å². The molecule has 0 amide bonds. The second kappa shape index (κ2) is 11.1. The normalized spacial score (nSPS) is 19.2. The van der Waals surface area contributed by atoms with Gasteiger partial charge in [0.2, 0.25) is 0 Å². The average Bonchev–Trinajstić information content (AvgIpc) is 3.21. The Hall–Kier alpha value is -2.14. The minimum atomic E-state index is -1.09. The van der Waals surface area contributed by atoms with E-state index >= 15 is 4.39 Å². The minimum Gasteiger partial charge on any atom is -0.378 e. The van der Waals surface area contributed by atoms with Gasteiger partial charge in [0, 0.05) is 17.7 Å². The summed E-state index contributed by atoms with van der Waals surface area (Å²) < 4.78 is 65.6. The molecular formula is C29H34F4O. The molecule has 0 bridgehead atoms. The van der Waals surface area contributed by atoms with Crippen molar-refractivity contribution < 1.29 is 22.3 Å². The van der Waals surface area contributed by atoms with E-state index in [-0.39, 0.29) is 34.8 Å².